The second-order valence-corrected chi connectivity index (χ2v) is 7.57. The second-order valence-electron chi connectivity index (χ2n) is 6.73. The van der Waals surface area contributed by atoms with E-state index in [0.29, 0.717) is 16.8 Å². The normalized spacial score (nSPS) is 16.4. The van der Waals surface area contributed by atoms with Crippen LogP contribution in [-0.2, 0) is 25.3 Å². The van der Waals surface area contributed by atoms with Crippen LogP contribution in [0.3, 0.4) is 0 Å². The fourth-order valence-corrected chi connectivity index (χ4v) is 3.27. The van der Waals surface area contributed by atoms with E-state index in [2.05, 4.69) is 5.32 Å². The van der Waals surface area contributed by atoms with Crippen molar-refractivity contribution in [2.24, 2.45) is 5.92 Å². The molecule has 1 aliphatic rings. The first-order chi connectivity index (χ1) is 14.5. The van der Waals surface area contributed by atoms with Crippen LogP contribution in [0.1, 0.15) is 12.0 Å². The third-order valence-corrected chi connectivity index (χ3v) is 5.09. The van der Waals surface area contributed by atoms with Crippen LogP contribution in [0.2, 0.25) is 10.0 Å². The minimum Gasteiger partial charge on any atom is -0.455 e. The zero-order chi connectivity index (χ0) is 22.8. The summed E-state index contributed by atoms with van der Waals surface area (Å²) < 4.78 is 43.4. The number of esters is 1. The van der Waals surface area contributed by atoms with Gasteiger partial charge in [-0.1, -0.05) is 23.2 Å². The Bertz CT molecular complexity index is 1010. The van der Waals surface area contributed by atoms with E-state index in [-0.39, 0.29) is 29.6 Å². The molecule has 2 amide bonds. The first-order valence-corrected chi connectivity index (χ1v) is 9.69. The van der Waals surface area contributed by atoms with Gasteiger partial charge < -0.3 is 15.0 Å². The number of nitrogens with one attached hydrogen (secondary N) is 1. The van der Waals surface area contributed by atoms with Gasteiger partial charge in [-0.15, -0.1) is 0 Å². The van der Waals surface area contributed by atoms with Gasteiger partial charge in [0, 0.05) is 23.7 Å². The van der Waals surface area contributed by atoms with Crippen LogP contribution < -0.4 is 10.2 Å². The molecule has 1 atom stereocenters. The van der Waals surface area contributed by atoms with Crippen LogP contribution in [0.5, 0.6) is 0 Å². The number of hydrogen-bond donors (Lipinski definition) is 1. The number of carbonyl (C=O) groups is 3. The summed E-state index contributed by atoms with van der Waals surface area (Å²) in [6.07, 6.45) is -4.70. The van der Waals surface area contributed by atoms with E-state index in [9.17, 15) is 27.6 Å². The SMILES string of the molecule is O=C(COC(=O)[C@@H]1CC(=O)N(c2ccc(Cl)cc2)C1)Nc1cc(C(F)(F)F)ccc1Cl. The molecule has 6 nitrogen and oxygen atoms in total. The largest absolute Gasteiger partial charge is 0.455 e. The van der Waals surface area contributed by atoms with Crippen molar-refractivity contribution in [1.82, 2.24) is 0 Å². The quantitative estimate of drug-likeness (QED) is 0.645. The molecule has 2 aromatic carbocycles. The Morgan fingerprint density at radius 1 is 1.13 bits per heavy atom. The van der Waals surface area contributed by atoms with Gasteiger partial charge in [-0.05, 0) is 42.5 Å². The number of benzene rings is 2. The number of nitrogens with zero attached hydrogens (tertiary/aromatic N) is 1. The zero-order valence-electron chi connectivity index (χ0n) is 15.7. The van der Waals surface area contributed by atoms with Crippen molar-refractivity contribution in [1.29, 1.82) is 0 Å². The van der Waals surface area contributed by atoms with Crippen LogP contribution in [0, 0.1) is 5.92 Å². The summed E-state index contributed by atoms with van der Waals surface area (Å²) in [6, 6.07) is 8.96. The smallest absolute Gasteiger partial charge is 0.416 e. The molecular formula is C20H15Cl2F3N2O4. The van der Waals surface area contributed by atoms with Crippen molar-refractivity contribution in [2.75, 3.05) is 23.4 Å². The molecule has 3 rings (SSSR count). The van der Waals surface area contributed by atoms with Crippen molar-refractivity contribution in [3.8, 4) is 0 Å². The van der Waals surface area contributed by atoms with E-state index >= 15 is 0 Å². The van der Waals surface area contributed by atoms with Gasteiger partial charge in [-0.2, -0.15) is 13.2 Å². The molecule has 0 aromatic heterocycles. The Balaban J connectivity index is 1.56. The summed E-state index contributed by atoms with van der Waals surface area (Å²) in [5, 5.41) is 2.57. The van der Waals surface area contributed by atoms with Gasteiger partial charge in [-0.3, -0.25) is 14.4 Å². The van der Waals surface area contributed by atoms with E-state index in [1.165, 1.54) is 4.90 Å². The van der Waals surface area contributed by atoms with Crippen LogP contribution in [0.4, 0.5) is 24.5 Å². The maximum Gasteiger partial charge on any atom is 0.416 e. The highest BCUT2D eigenvalue weighted by Gasteiger charge is 2.36. The van der Waals surface area contributed by atoms with Crippen molar-refractivity contribution in [3.63, 3.8) is 0 Å². The molecule has 0 radical (unpaired) electrons. The van der Waals surface area contributed by atoms with Gasteiger partial charge in [0.15, 0.2) is 6.61 Å². The van der Waals surface area contributed by atoms with Gasteiger partial charge in [0.05, 0.1) is 22.2 Å². The van der Waals surface area contributed by atoms with Crippen LogP contribution in [0.15, 0.2) is 42.5 Å². The lowest BCUT2D eigenvalue weighted by Crippen LogP contribution is -2.28. The van der Waals surface area contributed by atoms with Crippen molar-refractivity contribution < 1.29 is 32.3 Å². The monoisotopic (exact) mass is 474 g/mol. The number of carbonyl (C=O) groups excluding carboxylic acids is 3. The third-order valence-electron chi connectivity index (χ3n) is 4.51. The van der Waals surface area contributed by atoms with E-state index in [0.717, 1.165) is 12.1 Å². The van der Waals surface area contributed by atoms with Gasteiger partial charge in [0.2, 0.25) is 5.91 Å². The molecule has 1 N–H and O–H groups in total. The lowest BCUT2D eigenvalue weighted by Gasteiger charge is -2.16. The zero-order valence-corrected chi connectivity index (χ0v) is 17.2. The number of rotatable bonds is 5. The summed E-state index contributed by atoms with van der Waals surface area (Å²) in [5.74, 6) is -2.71. The molecule has 0 unspecified atom stereocenters. The highest BCUT2D eigenvalue weighted by molar-refractivity contribution is 6.33. The maximum absolute atomic E-state index is 12.8. The molecule has 0 bridgehead atoms. The Labute approximate surface area is 184 Å². The Hall–Kier alpha value is -2.78. The molecule has 31 heavy (non-hydrogen) atoms. The summed E-state index contributed by atoms with van der Waals surface area (Å²) in [6.45, 7) is -0.669. The summed E-state index contributed by atoms with van der Waals surface area (Å²) in [7, 11) is 0. The molecule has 1 saturated heterocycles. The Kier molecular flexibility index (Phi) is 6.76. The van der Waals surface area contributed by atoms with E-state index in [1.54, 1.807) is 24.3 Å². The minimum absolute atomic E-state index is 0.0698. The van der Waals surface area contributed by atoms with Gasteiger partial charge in [-0.25, -0.2) is 0 Å². The van der Waals surface area contributed by atoms with Crippen LogP contribution in [-0.4, -0.2) is 30.9 Å². The molecule has 164 valence electrons. The number of anilines is 2. The highest BCUT2D eigenvalue weighted by Crippen LogP contribution is 2.34. The molecule has 0 spiro atoms. The highest BCUT2D eigenvalue weighted by atomic mass is 35.5. The molecule has 0 aliphatic carbocycles. The van der Waals surface area contributed by atoms with Gasteiger partial charge in [0.1, 0.15) is 0 Å². The molecule has 1 aliphatic heterocycles. The van der Waals surface area contributed by atoms with Crippen molar-refractivity contribution >= 4 is 52.4 Å². The van der Waals surface area contributed by atoms with Crippen molar-refractivity contribution in [2.45, 2.75) is 12.6 Å². The van der Waals surface area contributed by atoms with E-state index in [1.807, 2.05) is 0 Å². The first kappa shape index (κ1) is 22.9. The predicted octanol–water partition coefficient (Wildman–Crippen LogP) is 4.55. The summed E-state index contributed by atoms with van der Waals surface area (Å²) in [4.78, 5) is 37.9. The van der Waals surface area contributed by atoms with E-state index < -0.39 is 36.1 Å². The average Bonchev–Trinajstić information content (AvgIpc) is 3.09. The number of hydrogen-bond acceptors (Lipinski definition) is 4. The average molecular weight is 475 g/mol. The molecule has 1 heterocycles. The number of ether oxygens (including phenoxy) is 1. The second kappa shape index (κ2) is 9.15. The molecule has 0 saturated carbocycles. The number of amides is 2. The fourth-order valence-electron chi connectivity index (χ4n) is 2.97. The predicted molar refractivity (Wildman–Crippen MR) is 108 cm³/mol. The molecule has 11 heteroatoms. The van der Waals surface area contributed by atoms with Gasteiger partial charge in [0.25, 0.3) is 5.91 Å². The molecular weight excluding hydrogens is 460 g/mol. The van der Waals surface area contributed by atoms with Crippen LogP contribution in [0.25, 0.3) is 0 Å². The van der Waals surface area contributed by atoms with Gasteiger partial charge >= 0.3 is 12.1 Å². The van der Waals surface area contributed by atoms with Crippen LogP contribution >= 0.6 is 23.2 Å². The maximum atomic E-state index is 12.8. The molecule has 1 fully saturated rings. The lowest BCUT2D eigenvalue weighted by molar-refractivity contribution is -0.151. The standard InChI is InChI=1S/C20H15Cl2F3N2O4/c21-13-2-4-14(5-3-13)27-9-11(7-18(27)29)19(30)31-10-17(28)26-16-8-12(20(23,24)25)1-6-15(16)22/h1-6,8,11H,7,9-10H2,(H,26,28)/t11-/m1/s1. The number of halogens is 5. The molecule has 2 aromatic rings. The van der Waals surface area contributed by atoms with E-state index in [4.69, 9.17) is 27.9 Å². The minimum atomic E-state index is -4.61. The first-order valence-electron chi connectivity index (χ1n) is 8.94. The fraction of sp³-hybridized carbons (Fsp3) is 0.250. The summed E-state index contributed by atoms with van der Waals surface area (Å²) >= 11 is 11.6. The van der Waals surface area contributed by atoms with Crippen molar-refractivity contribution in [3.05, 3.63) is 58.1 Å². The lowest BCUT2D eigenvalue weighted by atomic mass is 10.1. The Morgan fingerprint density at radius 2 is 1.81 bits per heavy atom. The third kappa shape index (κ3) is 5.68. The summed E-state index contributed by atoms with van der Waals surface area (Å²) in [5.41, 5.74) is -0.680. The topological polar surface area (TPSA) is 75.7 Å². The number of alkyl halides is 3. The Morgan fingerprint density at radius 3 is 2.45 bits per heavy atom.